The van der Waals surface area contributed by atoms with Crippen LogP contribution in [0.4, 0.5) is 0 Å². The lowest BCUT2D eigenvalue weighted by Crippen LogP contribution is -2.08. The summed E-state index contributed by atoms with van der Waals surface area (Å²) < 4.78 is 4.70. The van der Waals surface area contributed by atoms with Gasteiger partial charge in [0.15, 0.2) is 0 Å². The molecular weight excluding hydrogens is 206 g/mol. The van der Waals surface area contributed by atoms with Gasteiger partial charge in [0.2, 0.25) is 0 Å². The van der Waals surface area contributed by atoms with Crippen molar-refractivity contribution < 1.29 is 14.6 Å². The molecular formula is C12H13NO3. The van der Waals surface area contributed by atoms with E-state index in [0.717, 1.165) is 16.8 Å². The van der Waals surface area contributed by atoms with Crippen LogP contribution in [0, 0.1) is 0 Å². The van der Waals surface area contributed by atoms with E-state index in [1.54, 1.807) is 19.2 Å². The Hall–Kier alpha value is -1.68. The topological polar surface area (TPSA) is 59.4 Å². The van der Waals surface area contributed by atoms with E-state index in [1.807, 2.05) is 6.08 Å². The van der Waals surface area contributed by atoms with Gasteiger partial charge in [-0.3, -0.25) is 4.98 Å². The van der Waals surface area contributed by atoms with Crippen LogP contribution in [0.25, 0.3) is 6.08 Å². The Balaban J connectivity index is 2.40. The zero-order valence-electron chi connectivity index (χ0n) is 9.23. The fraction of sp³-hybridized carbons (Fsp3) is 0.333. The lowest BCUT2D eigenvalue weighted by atomic mass is 10.0. The van der Waals surface area contributed by atoms with E-state index in [4.69, 9.17) is 4.74 Å². The molecule has 0 spiro atoms. The van der Waals surface area contributed by atoms with E-state index in [-0.39, 0.29) is 5.97 Å². The number of esters is 1. The zero-order valence-corrected chi connectivity index (χ0v) is 9.23. The average Bonchev–Trinajstić information content (AvgIpc) is 2.71. The number of fused-ring (bicyclic) bond motifs is 1. The van der Waals surface area contributed by atoms with Crippen molar-refractivity contribution in [3.05, 3.63) is 34.7 Å². The normalized spacial score (nSPS) is 15.3. The minimum Gasteiger partial charge on any atom is -0.465 e. The van der Waals surface area contributed by atoms with Crippen molar-refractivity contribution in [1.29, 1.82) is 0 Å². The Morgan fingerprint density at radius 2 is 2.38 bits per heavy atom. The van der Waals surface area contributed by atoms with Gasteiger partial charge in [0.05, 0.1) is 24.5 Å². The maximum atomic E-state index is 11.5. The maximum Gasteiger partial charge on any atom is 0.338 e. The highest BCUT2D eigenvalue weighted by Crippen LogP contribution is 2.28. The van der Waals surface area contributed by atoms with Crippen LogP contribution in [0.5, 0.6) is 0 Å². The summed E-state index contributed by atoms with van der Waals surface area (Å²) in [6.07, 6.45) is 3.45. The highest BCUT2D eigenvalue weighted by Gasteiger charge is 2.23. The number of rotatable bonds is 2. The van der Waals surface area contributed by atoms with Gasteiger partial charge in [-0.25, -0.2) is 4.79 Å². The Kier molecular flexibility index (Phi) is 2.75. The molecule has 1 aromatic heterocycles. The lowest BCUT2D eigenvalue weighted by molar-refractivity contribution is 0.0599. The molecule has 0 saturated heterocycles. The van der Waals surface area contributed by atoms with Gasteiger partial charge in [0.25, 0.3) is 0 Å². The average molecular weight is 219 g/mol. The van der Waals surface area contributed by atoms with Crippen LogP contribution >= 0.6 is 0 Å². The van der Waals surface area contributed by atoms with Gasteiger partial charge in [0.1, 0.15) is 0 Å². The first-order valence-corrected chi connectivity index (χ1v) is 5.08. The first-order valence-electron chi connectivity index (χ1n) is 5.08. The molecule has 0 fully saturated rings. The first-order chi connectivity index (χ1) is 7.63. The second kappa shape index (κ2) is 4.06. The van der Waals surface area contributed by atoms with E-state index in [9.17, 15) is 9.90 Å². The molecule has 0 radical (unpaired) electrons. The molecule has 4 nitrogen and oxygen atoms in total. The van der Waals surface area contributed by atoms with Gasteiger partial charge in [-0.2, -0.15) is 0 Å². The summed E-state index contributed by atoms with van der Waals surface area (Å²) in [4.78, 5) is 15.7. The molecule has 1 aromatic rings. The highest BCUT2D eigenvalue weighted by molar-refractivity contribution is 5.92. The molecule has 0 aliphatic heterocycles. The van der Waals surface area contributed by atoms with Crippen molar-refractivity contribution >= 4 is 12.0 Å². The van der Waals surface area contributed by atoms with Crippen molar-refractivity contribution in [3.63, 3.8) is 0 Å². The van der Waals surface area contributed by atoms with E-state index in [2.05, 4.69) is 4.98 Å². The lowest BCUT2D eigenvalue weighted by Gasteiger charge is -2.07. The largest absolute Gasteiger partial charge is 0.465 e. The number of aromatic nitrogens is 1. The smallest absolute Gasteiger partial charge is 0.338 e. The summed E-state index contributed by atoms with van der Waals surface area (Å²) in [6, 6.07) is 1.64. The summed E-state index contributed by atoms with van der Waals surface area (Å²) in [6.45, 7) is 1.70. The number of hydrogen-bond acceptors (Lipinski definition) is 4. The Morgan fingerprint density at radius 1 is 1.62 bits per heavy atom. The summed E-state index contributed by atoms with van der Waals surface area (Å²) in [5, 5.41) is 9.50. The number of hydrogen-bond donors (Lipinski definition) is 1. The van der Waals surface area contributed by atoms with E-state index in [0.29, 0.717) is 12.0 Å². The highest BCUT2D eigenvalue weighted by atomic mass is 16.5. The van der Waals surface area contributed by atoms with Crippen molar-refractivity contribution in [2.24, 2.45) is 0 Å². The number of carbonyl (C=O) groups is 1. The van der Waals surface area contributed by atoms with Crippen molar-refractivity contribution in [3.8, 4) is 0 Å². The first kappa shape index (κ1) is 10.8. The number of nitrogens with zero attached hydrogens (tertiary/aromatic N) is 1. The van der Waals surface area contributed by atoms with Crippen LogP contribution in [0.15, 0.2) is 17.8 Å². The van der Waals surface area contributed by atoms with Gasteiger partial charge in [0, 0.05) is 6.20 Å². The number of ether oxygens (including phenoxy) is 1. The van der Waals surface area contributed by atoms with Crippen LogP contribution in [-0.2, 0) is 11.2 Å². The maximum absolute atomic E-state index is 11.5. The Morgan fingerprint density at radius 3 is 3.00 bits per heavy atom. The van der Waals surface area contributed by atoms with Gasteiger partial charge in [-0.1, -0.05) is 0 Å². The van der Waals surface area contributed by atoms with E-state index >= 15 is 0 Å². The van der Waals surface area contributed by atoms with E-state index in [1.165, 1.54) is 7.11 Å². The molecule has 0 aromatic carbocycles. The van der Waals surface area contributed by atoms with Crippen LogP contribution < -0.4 is 0 Å². The third-order valence-electron chi connectivity index (χ3n) is 2.73. The summed E-state index contributed by atoms with van der Waals surface area (Å²) in [5.41, 5.74) is 2.99. The third-order valence-corrected chi connectivity index (χ3v) is 2.73. The predicted octanol–water partition coefficient (Wildman–Crippen LogP) is 1.19. The quantitative estimate of drug-likeness (QED) is 0.759. The molecule has 1 N–H and O–H groups in total. The minimum atomic E-state index is -0.514. The number of carbonyl (C=O) groups excluding carboxylic acids is 1. The fourth-order valence-corrected chi connectivity index (χ4v) is 1.82. The molecule has 2 rings (SSSR count). The van der Waals surface area contributed by atoms with Gasteiger partial charge >= 0.3 is 5.97 Å². The molecule has 0 bridgehead atoms. The molecule has 0 amide bonds. The molecule has 84 valence electrons. The van der Waals surface area contributed by atoms with Crippen LogP contribution in [0.3, 0.4) is 0 Å². The van der Waals surface area contributed by atoms with Gasteiger partial charge in [-0.05, 0) is 36.6 Å². The fourth-order valence-electron chi connectivity index (χ4n) is 1.82. The SMILES string of the molecule is COC(=O)c1ccnc2c1CC(C(C)O)=C2. The standard InChI is InChI=1S/C12H13NO3/c1-7(14)8-5-10-9(12(15)16-2)3-4-13-11(10)6-8/h3-4,6-7,14H,5H2,1-2H3. The second-order valence-electron chi connectivity index (χ2n) is 3.79. The molecule has 1 unspecified atom stereocenters. The minimum absolute atomic E-state index is 0.362. The van der Waals surface area contributed by atoms with Crippen LogP contribution in [0.1, 0.15) is 28.5 Å². The van der Waals surface area contributed by atoms with Gasteiger partial charge in [-0.15, -0.1) is 0 Å². The molecule has 1 aliphatic carbocycles. The number of aliphatic hydroxyl groups is 1. The molecule has 16 heavy (non-hydrogen) atoms. The third kappa shape index (κ3) is 1.72. The molecule has 0 saturated carbocycles. The number of methoxy groups -OCH3 is 1. The van der Waals surface area contributed by atoms with Crippen LogP contribution in [0.2, 0.25) is 0 Å². The predicted molar refractivity (Wildman–Crippen MR) is 58.9 cm³/mol. The van der Waals surface area contributed by atoms with Crippen molar-refractivity contribution in [2.45, 2.75) is 19.4 Å². The monoisotopic (exact) mass is 219 g/mol. The van der Waals surface area contributed by atoms with Crippen molar-refractivity contribution in [2.75, 3.05) is 7.11 Å². The zero-order chi connectivity index (χ0) is 11.7. The second-order valence-corrected chi connectivity index (χ2v) is 3.79. The number of pyridine rings is 1. The van der Waals surface area contributed by atoms with Crippen LogP contribution in [-0.4, -0.2) is 29.3 Å². The summed E-state index contributed by atoms with van der Waals surface area (Å²) >= 11 is 0. The molecule has 1 heterocycles. The number of aliphatic hydroxyl groups excluding tert-OH is 1. The van der Waals surface area contributed by atoms with E-state index < -0.39 is 6.10 Å². The van der Waals surface area contributed by atoms with Crippen molar-refractivity contribution in [1.82, 2.24) is 4.98 Å². The summed E-state index contributed by atoms with van der Waals surface area (Å²) in [5.74, 6) is -0.362. The summed E-state index contributed by atoms with van der Waals surface area (Å²) in [7, 11) is 1.35. The molecule has 1 atom stereocenters. The Labute approximate surface area is 93.6 Å². The molecule has 4 heteroatoms. The Bertz CT molecular complexity index is 463. The molecule has 1 aliphatic rings. The van der Waals surface area contributed by atoms with Gasteiger partial charge < -0.3 is 9.84 Å².